The van der Waals surface area contributed by atoms with Crippen molar-refractivity contribution in [3.8, 4) is 5.75 Å². The Balaban J connectivity index is 1.93. The third-order valence-electron chi connectivity index (χ3n) is 4.37. The average Bonchev–Trinajstić information content (AvgIpc) is 2.71. The van der Waals surface area contributed by atoms with Gasteiger partial charge in [0, 0.05) is 39.4 Å². The number of aromatic nitrogens is 1. The molecule has 1 aromatic heterocycles. The highest BCUT2D eigenvalue weighted by molar-refractivity contribution is 7.84. The van der Waals surface area contributed by atoms with E-state index in [1.54, 1.807) is 44.6 Å². The number of benzene rings is 2. The van der Waals surface area contributed by atoms with E-state index in [0.717, 1.165) is 10.9 Å². The minimum Gasteiger partial charge on any atom is -0.496 e. The molecule has 3 rings (SSSR count). The number of fused-ring (bicyclic) bond motifs is 1. The third-order valence-corrected chi connectivity index (χ3v) is 5.29. The molecule has 0 amide bonds. The number of pyridine rings is 1. The molecule has 2 aromatic carbocycles. The monoisotopic (exact) mass is 416 g/mol. The van der Waals surface area contributed by atoms with E-state index < -0.39 is 16.9 Å². The number of hydrogen-bond donors (Lipinski definition) is 2. The summed E-state index contributed by atoms with van der Waals surface area (Å²) in [5, 5.41) is 13.5. The predicted molar refractivity (Wildman–Crippen MR) is 114 cm³/mol. The van der Waals surface area contributed by atoms with Crippen LogP contribution in [0.3, 0.4) is 0 Å². The first-order chi connectivity index (χ1) is 13.9. The lowest BCUT2D eigenvalue weighted by Crippen LogP contribution is -2.32. The van der Waals surface area contributed by atoms with Crippen LogP contribution in [0.25, 0.3) is 10.9 Å². The summed E-state index contributed by atoms with van der Waals surface area (Å²) in [4.78, 5) is 19.2. The number of nitrogens with zero attached hydrogens (tertiary/aromatic N) is 1. The molecule has 0 spiro atoms. The molecule has 7 nitrogen and oxygen atoms in total. The van der Waals surface area contributed by atoms with E-state index >= 15 is 0 Å². The van der Waals surface area contributed by atoms with Crippen LogP contribution in [0, 0.1) is 0 Å². The smallest absolute Gasteiger partial charge is 0.306 e. The van der Waals surface area contributed by atoms with Crippen molar-refractivity contribution in [3.63, 3.8) is 0 Å². The molecule has 0 fully saturated rings. The van der Waals surface area contributed by atoms with Crippen LogP contribution in [-0.4, -0.2) is 40.1 Å². The van der Waals surface area contributed by atoms with Gasteiger partial charge in [-0.1, -0.05) is 24.3 Å². The number of para-hydroxylation sites is 1. The number of aliphatic hydroxyl groups is 1. The average molecular weight is 416 g/mol. The quantitative estimate of drug-likeness (QED) is 0.585. The summed E-state index contributed by atoms with van der Waals surface area (Å²) in [6.45, 7) is 1.93. The zero-order chi connectivity index (χ0) is 21.0. The molecule has 0 aliphatic rings. The number of methoxy groups -OCH3 is 1. The molecule has 0 bridgehead atoms. The molecule has 154 valence electrons. The van der Waals surface area contributed by atoms with Gasteiger partial charge >= 0.3 is 5.56 Å². The first-order valence-electron chi connectivity index (χ1n) is 9.11. The van der Waals surface area contributed by atoms with Crippen molar-refractivity contribution in [3.05, 3.63) is 64.4 Å². The molecule has 8 heteroatoms. The van der Waals surface area contributed by atoms with Crippen molar-refractivity contribution in [1.82, 2.24) is 4.73 Å². The molecule has 2 atom stereocenters. The number of hydrogen-bond acceptors (Lipinski definition) is 6. The summed E-state index contributed by atoms with van der Waals surface area (Å²) in [6.07, 6.45) is 0.904. The summed E-state index contributed by atoms with van der Waals surface area (Å²) in [7, 11) is 0.441. The third kappa shape index (κ3) is 4.78. The molecule has 3 aromatic rings. The van der Waals surface area contributed by atoms with Gasteiger partial charge in [0.1, 0.15) is 18.0 Å². The summed E-state index contributed by atoms with van der Waals surface area (Å²) >= 11 is 0. The number of aliphatic hydroxyl groups excluding tert-OH is 1. The Labute approximate surface area is 171 Å². The predicted octanol–water partition coefficient (Wildman–Crippen LogP) is 2.17. The van der Waals surface area contributed by atoms with Gasteiger partial charge in [-0.05, 0) is 31.2 Å². The van der Waals surface area contributed by atoms with Crippen LogP contribution >= 0.6 is 0 Å². The van der Waals surface area contributed by atoms with Crippen molar-refractivity contribution in [1.29, 1.82) is 0 Å². The van der Waals surface area contributed by atoms with E-state index in [-0.39, 0.29) is 12.2 Å². The fourth-order valence-corrected chi connectivity index (χ4v) is 3.44. The van der Waals surface area contributed by atoms with Crippen molar-refractivity contribution in [2.45, 2.75) is 24.5 Å². The molecule has 0 aliphatic carbocycles. The minimum atomic E-state index is -1.11. The fraction of sp³-hybridized carbons (Fsp3) is 0.286. The van der Waals surface area contributed by atoms with Gasteiger partial charge in [-0.25, -0.2) is 0 Å². The SMILES string of the molecule is COc1cc(S(C)=O)ccc1CNc1cc2ccccc2n(OCC(C)O)c1=O. The van der Waals surface area contributed by atoms with Crippen LogP contribution < -0.4 is 20.5 Å². The molecule has 1 heterocycles. The number of ether oxygens (including phenoxy) is 1. The Bertz CT molecular complexity index is 1090. The molecular weight excluding hydrogens is 392 g/mol. The van der Waals surface area contributed by atoms with Gasteiger partial charge in [0.05, 0.1) is 18.7 Å². The van der Waals surface area contributed by atoms with Crippen molar-refractivity contribution >= 4 is 27.4 Å². The second-order valence-electron chi connectivity index (χ2n) is 6.64. The standard InChI is InChI=1S/C21H24N2O5S/c1-14(24)13-28-23-19-7-5-4-6-15(19)10-18(21(23)25)22-12-16-8-9-17(29(3)26)11-20(16)27-2/h4-11,14,22,24H,12-13H2,1-3H3. The summed E-state index contributed by atoms with van der Waals surface area (Å²) < 4.78 is 18.3. The lowest BCUT2D eigenvalue weighted by Gasteiger charge is -2.16. The molecule has 29 heavy (non-hydrogen) atoms. The zero-order valence-electron chi connectivity index (χ0n) is 16.5. The maximum atomic E-state index is 12.9. The Kier molecular flexibility index (Phi) is 6.56. The number of rotatable bonds is 8. The summed E-state index contributed by atoms with van der Waals surface area (Å²) in [5.41, 5.74) is 1.45. The Morgan fingerprint density at radius 1 is 1.21 bits per heavy atom. The van der Waals surface area contributed by atoms with Crippen molar-refractivity contribution in [2.24, 2.45) is 0 Å². The van der Waals surface area contributed by atoms with Crippen LogP contribution in [0.1, 0.15) is 12.5 Å². The van der Waals surface area contributed by atoms with E-state index in [1.807, 2.05) is 24.3 Å². The van der Waals surface area contributed by atoms with Crippen LogP contribution in [0.2, 0.25) is 0 Å². The maximum Gasteiger partial charge on any atom is 0.306 e. The lowest BCUT2D eigenvalue weighted by molar-refractivity contribution is 0.0365. The first kappa shape index (κ1) is 20.9. The molecule has 0 saturated carbocycles. The Morgan fingerprint density at radius 3 is 2.66 bits per heavy atom. The van der Waals surface area contributed by atoms with Gasteiger partial charge < -0.3 is 20.0 Å². The highest BCUT2D eigenvalue weighted by Crippen LogP contribution is 2.23. The maximum absolute atomic E-state index is 12.9. The van der Waals surface area contributed by atoms with Crippen LogP contribution in [0.15, 0.2) is 58.2 Å². The number of anilines is 1. The molecule has 2 unspecified atom stereocenters. The summed E-state index contributed by atoms with van der Waals surface area (Å²) in [5.74, 6) is 0.594. The van der Waals surface area contributed by atoms with Gasteiger partial charge in [0.25, 0.3) is 0 Å². The minimum absolute atomic E-state index is 0.00318. The van der Waals surface area contributed by atoms with Crippen molar-refractivity contribution < 1.29 is 18.9 Å². The normalized spacial score (nSPS) is 13.1. The van der Waals surface area contributed by atoms with E-state index in [4.69, 9.17) is 9.57 Å². The van der Waals surface area contributed by atoms with Gasteiger partial charge in [0.15, 0.2) is 0 Å². The van der Waals surface area contributed by atoms with E-state index in [9.17, 15) is 14.1 Å². The van der Waals surface area contributed by atoms with Crippen LogP contribution in [-0.2, 0) is 17.3 Å². The highest BCUT2D eigenvalue weighted by atomic mass is 32.2. The number of nitrogens with one attached hydrogen (secondary N) is 1. The van der Waals surface area contributed by atoms with Gasteiger partial charge in [0.2, 0.25) is 0 Å². The molecular formula is C21H24N2O5S. The van der Waals surface area contributed by atoms with Crippen LogP contribution in [0.5, 0.6) is 5.75 Å². The molecule has 2 N–H and O–H groups in total. The second-order valence-corrected chi connectivity index (χ2v) is 8.02. The fourth-order valence-electron chi connectivity index (χ4n) is 2.91. The van der Waals surface area contributed by atoms with Gasteiger partial charge in [-0.3, -0.25) is 9.00 Å². The topological polar surface area (TPSA) is 89.8 Å². The lowest BCUT2D eigenvalue weighted by atomic mass is 10.2. The Hall–Kier alpha value is -2.84. The van der Waals surface area contributed by atoms with Crippen LogP contribution in [0.4, 0.5) is 5.69 Å². The summed E-state index contributed by atoms with van der Waals surface area (Å²) in [6, 6.07) is 14.5. The van der Waals surface area contributed by atoms with E-state index in [1.165, 1.54) is 4.73 Å². The molecule has 0 aliphatic heterocycles. The molecule has 0 radical (unpaired) electrons. The van der Waals surface area contributed by atoms with Gasteiger partial charge in [-0.15, -0.1) is 4.73 Å². The first-order valence-corrected chi connectivity index (χ1v) is 10.7. The van der Waals surface area contributed by atoms with E-state index in [2.05, 4.69) is 5.32 Å². The largest absolute Gasteiger partial charge is 0.496 e. The second kappa shape index (κ2) is 9.11. The molecule has 0 saturated heterocycles. The van der Waals surface area contributed by atoms with Crippen molar-refractivity contribution in [2.75, 3.05) is 25.3 Å². The zero-order valence-corrected chi connectivity index (χ0v) is 17.4. The van der Waals surface area contributed by atoms with Gasteiger partial charge in [-0.2, -0.15) is 0 Å². The van der Waals surface area contributed by atoms with E-state index in [0.29, 0.717) is 28.4 Å². The highest BCUT2D eigenvalue weighted by Gasteiger charge is 2.13. The Morgan fingerprint density at radius 2 is 1.97 bits per heavy atom.